The van der Waals surface area contributed by atoms with Crippen LogP contribution in [0, 0.1) is 13.8 Å². The highest BCUT2D eigenvalue weighted by molar-refractivity contribution is 5.37. The molecule has 2 rings (SSSR count). The molecule has 0 atom stereocenters. The first-order chi connectivity index (χ1) is 7.22. The van der Waals surface area contributed by atoms with Crippen LogP contribution in [0.5, 0.6) is 5.75 Å². The third-order valence-corrected chi connectivity index (χ3v) is 2.11. The first kappa shape index (κ1) is 11.3. The molecule has 15 heavy (non-hydrogen) atoms. The number of benzene rings is 2. The number of phenolic OH excluding ortho intramolecular Hbond substituents is 1. The summed E-state index contributed by atoms with van der Waals surface area (Å²) >= 11 is 0. The second-order valence-electron chi connectivity index (χ2n) is 3.40. The SMILES string of the molecule is Cc1cccc(C)c1O.c1ccccc1. The zero-order valence-corrected chi connectivity index (χ0v) is 9.14. The monoisotopic (exact) mass is 200 g/mol. The van der Waals surface area contributed by atoms with Crippen molar-refractivity contribution in [3.63, 3.8) is 0 Å². The summed E-state index contributed by atoms with van der Waals surface area (Å²) in [7, 11) is 0. The van der Waals surface area contributed by atoms with Crippen molar-refractivity contribution < 1.29 is 5.11 Å². The number of phenols is 1. The minimum absolute atomic E-state index is 0.414. The normalized spacial score (nSPS) is 8.93. The van der Waals surface area contributed by atoms with E-state index in [0.29, 0.717) is 5.75 Å². The topological polar surface area (TPSA) is 20.2 Å². The second kappa shape index (κ2) is 5.86. The number of hydrogen-bond acceptors (Lipinski definition) is 1. The van der Waals surface area contributed by atoms with Gasteiger partial charge in [-0.05, 0) is 25.0 Å². The summed E-state index contributed by atoms with van der Waals surface area (Å²) in [6.45, 7) is 3.78. The van der Waals surface area contributed by atoms with Gasteiger partial charge in [0.25, 0.3) is 0 Å². The number of aryl methyl sites for hydroxylation is 2. The van der Waals surface area contributed by atoms with E-state index in [1.165, 1.54) is 0 Å². The van der Waals surface area contributed by atoms with Gasteiger partial charge in [0.1, 0.15) is 5.75 Å². The average Bonchev–Trinajstić information content (AvgIpc) is 2.29. The highest BCUT2D eigenvalue weighted by Crippen LogP contribution is 2.19. The molecule has 0 fully saturated rings. The summed E-state index contributed by atoms with van der Waals surface area (Å²) in [4.78, 5) is 0. The Labute approximate surface area is 91.0 Å². The Kier molecular flexibility index (Phi) is 4.42. The Bertz CT molecular complexity index is 346. The molecule has 0 radical (unpaired) electrons. The molecule has 0 aromatic heterocycles. The number of rotatable bonds is 0. The van der Waals surface area contributed by atoms with Gasteiger partial charge in [-0.3, -0.25) is 0 Å². The highest BCUT2D eigenvalue weighted by atomic mass is 16.3. The van der Waals surface area contributed by atoms with Crippen LogP contribution >= 0.6 is 0 Å². The summed E-state index contributed by atoms with van der Waals surface area (Å²) in [6.07, 6.45) is 0. The maximum absolute atomic E-state index is 9.21. The van der Waals surface area contributed by atoms with E-state index in [2.05, 4.69) is 0 Å². The maximum Gasteiger partial charge on any atom is 0.121 e. The Hall–Kier alpha value is -1.76. The van der Waals surface area contributed by atoms with Gasteiger partial charge in [-0.2, -0.15) is 0 Å². The second-order valence-corrected chi connectivity index (χ2v) is 3.40. The van der Waals surface area contributed by atoms with E-state index in [9.17, 15) is 5.11 Å². The third kappa shape index (κ3) is 3.86. The van der Waals surface area contributed by atoms with E-state index >= 15 is 0 Å². The first-order valence-electron chi connectivity index (χ1n) is 4.97. The van der Waals surface area contributed by atoms with Crippen LogP contribution in [0.15, 0.2) is 54.6 Å². The lowest BCUT2D eigenvalue weighted by atomic mass is 10.1. The minimum atomic E-state index is 0.414. The maximum atomic E-state index is 9.21. The van der Waals surface area contributed by atoms with Crippen LogP contribution in [-0.4, -0.2) is 5.11 Å². The zero-order valence-electron chi connectivity index (χ0n) is 9.14. The molecule has 0 saturated heterocycles. The minimum Gasteiger partial charge on any atom is -0.507 e. The van der Waals surface area contributed by atoms with Crippen LogP contribution in [0.25, 0.3) is 0 Å². The van der Waals surface area contributed by atoms with Crippen LogP contribution in [0.4, 0.5) is 0 Å². The predicted octanol–water partition coefficient (Wildman–Crippen LogP) is 3.70. The average molecular weight is 200 g/mol. The molecule has 1 heteroatoms. The summed E-state index contributed by atoms with van der Waals surface area (Å²) in [6, 6.07) is 17.7. The van der Waals surface area contributed by atoms with E-state index in [4.69, 9.17) is 0 Å². The Balaban J connectivity index is 0.000000162. The van der Waals surface area contributed by atoms with Gasteiger partial charge in [-0.15, -0.1) is 0 Å². The van der Waals surface area contributed by atoms with Crippen molar-refractivity contribution in [2.45, 2.75) is 13.8 Å². The van der Waals surface area contributed by atoms with Crippen molar-refractivity contribution in [3.05, 3.63) is 65.7 Å². The molecule has 0 heterocycles. The summed E-state index contributed by atoms with van der Waals surface area (Å²) < 4.78 is 0. The van der Waals surface area contributed by atoms with Crippen molar-refractivity contribution in [1.82, 2.24) is 0 Å². The van der Waals surface area contributed by atoms with Gasteiger partial charge in [0.2, 0.25) is 0 Å². The van der Waals surface area contributed by atoms with Crippen LogP contribution in [0.3, 0.4) is 0 Å². The molecule has 0 amide bonds. The van der Waals surface area contributed by atoms with Crippen molar-refractivity contribution >= 4 is 0 Å². The number of aromatic hydroxyl groups is 1. The Morgan fingerprint density at radius 1 is 0.667 bits per heavy atom. The zero-order chi connectivity index (χ0) is 11.1. The van der Waals surface area contributed by atoms with Crippen LogP contribution in [0.2, 0.25) is 0 Å². The Morgan fingerprint density at radius 2 is 1.00 bits per heavy atom. The van der Waals surface area contributed by atoms with Crippen molar-refractivity contribution in [2.75, 3.05) is 0 Å². The molecule has 2 aromatic carbocycles. The number of para-hydroxylation sites is 1. The van der Waals surface area contributed by atoms with E-state index < -0.39 is 0 Å². The lowest BCUT2D eigenvalue weighted by molar-refractivity contribution is 0.467. The molecule has 0 saturated carbocycles. The van der Waals surface area contributed by atoms with E-state index in [0.717, 1.165) is 11.1 Å². The molecular formula is C14H16O. The van der Waals surface area contributed by atoms with Crippen molar-refractivity contribution in [2.24, 2.45) is 0 Å². The van der Waals surface area contributed by atoms with Crippen LogP contribution < -0.4 is 0 Å². The lowest BCUT2D eigenvalue weighted by Gasteiger charge is -1.99. The molecule has 0 aliphatic rings. The van der Waals surface area contributed by atoms with Gasteiger partial charge in [0, 0.05) is 0 Å². The fourth-order valence-electron chi connectivity index (χ4n) is 1.19. The van der Waals surface area contributed by atoms with Crippen LogP contribution in [0.1, 0.15) is 11.1 Å². The third-order valence-electron chi connectivity index (χ3n) is 2.11. The van der Waals surface area contributed by atoms with Gasteiger partial charge in [-0.25, -0.2) is 0 Å². The standard InChI is InChI=1S/C8H10O.C6H6/c1-6-4-3-5-7(2)8(6)9;1-2-4-6-5-3-1/h3-5,9H,1-2H3;1-6H. The summed E-state index contributed by atoms with van der Waals surface area (Å²) in [5, 5.41) is 9.21. The lowest BCUT2D eigenvalue weighted by Crippen LogP contribution is -1.76. The predicted molar refractivity (Wildman–Crippen MR) is 64.0 cm³/mol. The molecule has 0 aliphatic heterocycles. The summed E-state index contributed by atoms with van der Waals surface area (Å²) in [5.74, 6) is 0.414. The fraction of sp³-hybridized carbons (Fsp3) is 0.143. The molecule has 0 bridgehead atoms. The van der Waals surface area contributed by atoms with E-state index in [1.807, 2.05) is 68.4 Å². The van der Waals surface area contributed by atoms with Crippen LogP contribution in [-0.2, 0) is 0 Å². The van der Waals surface area contributed by atoms with E-state index in [1.54, 1.807) is 0 Å². The molecule has 1 nitrogen and oxygen atoms in total. The van der Waals surface area contributed by atoms with Gasteiger partial charge >= 0.3 is 0 Å². The van der Waals surface area contributed by atoms with Gasteiger partial charge in [0.15, 0.2) is 0 Å². The smallest absolute Gasteiger partial charge is 0.121 e. The van der Waals surface area contributed by atoms with Gasteiger partial charge < -0.3 is 5.11 Å². The molecule has 2 aromatic rings. The number of hydrogen-bond donors (Lipinski definition) is 1. The first-order valence-corrected chi connectivity index (χ1v) is 4.97. The fourth-order valence-corrected chi connectivity index (χ4v) is 1.19. The molecular weight excluding hydrogens is 184 g/mol. The molecule has 78 valence electrons. The van der Waals surface area contributed by atoms with Gasteiger partial charge in [0.05, 0.1) is 0 Å². The quantitative estimate of drug-likeness (QED) is 0.687. The molecule has 0 unspecified atom stereocenters. The van der Waals surface area contributed by atoms with Gasteiger partial charge in [-0.1, -0.05) is 54.6 Å². The van der Waals surface area contributed by atoms with Crippen molar-refractivity contribution in [1.29, 1.82) is 0 Å². The molecule has 0 spiro atoms. The molecule has 0 aliphatic carbocycles. The summed E-state index contributed by atoms with van der Waals surface area (Å²) in [5.41, 5.74) is 1.88. The van der Waals surface area contributed by atoms with E-state index in [-0.39, 0.29) is 0 Å². The highest BCUT2D eigenvalue weighted by Gasteiger charge is 1.95. The van der Waals surface area contributed by atoms with Crippen molar-refractivity contribution in [3.8, 4) is 5.75 Å². The largest absolute Gasteiger partial charge is 0.507 e. The molecule has 1 N–H and O–H groups in total. The Morgan fingerprint density at radius 3 is 1.27 bits per heavy atom.